The number of pyridine rings is 1. The van der Waals surface area contributed by atoms with Crippen LogP contribution in [0.1, 0.15) is 23.5 Å². The van der Waals surface area contributed by atoms with Crippen molar-refractivity contribution >= 4 is 34.6 Å². The minimum absolute atomic E-state index is 0.197. The minimum atomic E-state index is -0.256. The van der Waals surface area contributed by atoms with Crippen molar-refractivity contribution in [3.05, 3.63) is 102 Å². The van der Waals surface area contributed by atoms with E-state index >= 15 is 0 Å². The molecule has 0 amide bonds. The Balaban J connectivity index is 1.59. The van der Waals surface area contributed by atoms with Gasteiger partial charge in [0, 0.05) is 22.5 Å². The SMILES string of the molecule is Oc1ccc(N2C(=S)N[C@@H](c3ccccn3)[C@H]2c2ccc(-c3ccc(Cl)cc3)o2)cc1. The normalized spacial score (nSPS) is 18.2. The summed E-state index contributed by atoms with van der Waals surface area (Å²) in [6.07, 6.45) is 1.77. The number of hydrogen-bond donors (Lipinski definition) is 2. The zero-order valence-electron chi connectivity index (χ0n) is 16.3. The van der Waals surface area contributed by atoms with Gasteiger partial charge in [-0.15, -0.1) is 0 Å². The Hall–Kier alpha value is -3.35. The minimum Gasteiger partial charge on any atom is -0.508 e. The van der Waals surface area contributed by atoms with Crippen molar-refractivity contribution in [2.45, 2.75) is 12.1 Å². The Morgan fingerprint density at radius 1 is 0.968 bits per heavy atom. The van der Waals surface area contributed by atoms with Gasteiger partial charge >= 0.3 is 0 Å². The van der Waals surface area contributed by atoms with Crippen LogP contribution in [0.4, 0.5) is 5.69 Å². The third-order valence-corrected chi connectivity index (χ3v) is 5.84. The summed E-state index contributed by atoms with van der Waals surface area (Å²) in [5.41, 5.74) is 2.65. The maximum atomic E-state index is 9.72. The molecule has 31 heavy (non-hydrogen) atoms. The molecule has 0 bridgehead atoms. The maximum absolute atomic E-state index is 9.72. The van der Waals surface area contributed by atoms with Crippen molar-refractivity contribution in [1.82, 2.24) is 10.3 Å². The van der Waals surface area contributed by atoms with Gasteiger partial charge in [-0.1, -0.05) is 17.7 Å². The van der Waals surface area contributed by atoms with Gasteiger partial charge in [-0.05, 0) is 85.0 Å². The highest BCUT2D eigenvalue weighted by Gasteiger charge is 2.42. The molecule has 0 unspecified atom stereocenters. The Kier molecular flexibility index (Phi) is 5.10. The highest BCUT2D eigenvalue weighted by Crippen LogP contribution is 2.43. The van der Waals surface area contributed by atoms with Crippen LogP contribution in [0.25, 0.3) is 11.3 Å². The van der Waals surface area contributed by atoms with Crippen LogP contribution in [-0.2, 0) is 0 Å². The van der Waals surface area contributed by atoms with Gasteiger partial charge in [0.05, 0.1) is 11.7 Å². The fraction of sp³-hybridized carbons (Fsp3) is 0.0833. The van der Waals surface area contributed by atoms with Gasteiger partial charge in [-0.25, -0.2) is 0 Å². The van der Waals surface area contributed by atoms with E-state index < -0.39 is 0 Å². The van der Waals surface area contributed by atoms with E-state index in [0.29, 0.717) is 10.1 Å². The van der Waals surface area contributed by atoms with E-state index in [1.807, 2.05) is 71.6 Å². The second-order valence-corrected chi connectivity index (χ2v) is 8.05. The first-order valence-corrected chi connectivity index (χ1v) is 10.5. The average molecular weight is 448 g/mol. The number of benzene rings is 2. The molecule has 0 saturated carbocycles. The Morgan fingerprint density at radius 2 is 1.74 bits per heavy atom. The molecule has 1 saturated heterocycles. The van der Waals surface area contributed by atoms with E-state index in [-0.39, 0.29) is 17.8 Å². The number of nitrogens with one attached hydrogen (secondary N) is 1. The van der Waals surface area contributed by atoms with Crippen LogP contribution in [0.15, 0.2) is 89.5 Å². The topological polar surface area (TPSA) is 61.5 Å². The van der Waals surface area contributed by atoms with Crippen LogP contribution < -0.4 is 10.2 Å². The lowest BCUT2D eigenvalue weighted by atomic mass is 10.0. The standard InChI is InChI=1S/C24H18ClN3O2S/c25-16-6-4-15(5-7-16)20-12-13-21(30-20)23-22(19-3-1-2-14-26-19)27-24(31)28(23)17-8-10-18(29)11-9-17/h1-14,22-23,29H,(H,27,31)/t22-,23+/m0/s1. The molecule has 2 atom stereocenters. The van der Waals surface area contributed by atoms with Gasteiger partial charge in [-0.3, -0.25) is 4.98 Å². The molecule has 0 spiro atoms. The van der Waals surface area contributed by atoms with Gasteiger partial charge in [0.25, 0.3) is 0 Å². The first-order valence-electron chi connectivity index (χ1n) is 9.75. The molecule has 1 aliphatic rings. The molecule has 154 valence electrons. The lowest BCUT2D eigenvalue weighted by molar-refractivity contribution is 0.439. The van der Waals surface area contributed by atoms with Gasteiger partial charge in [0.1, 0.15) is 23.3 Å². The van der Waals surface area contributed by atoms with Crippen molar-refractivity contribution in [2.75, 3.05) is 4.90 Å². The maximum Gasteiger partial charge on any atom is 0.174 e. The van der Waals surface area contributed by atoms with Gasteiger partial charge in [0.2, 0.25) is 0 Å². The van der Waals surface area contributed by atoms with Gasteiger partial charge < -0.3 is 19.7 Å². The second kappa shape index (κ2) is 8.06. The molecule has 4 aromatic rings. The number of aromatic nitrogens is 1. The van der Waals surface area contributed by atoms with E-state index in [1.54, 1.807) is 18.3 Å². The van der Waals surface area contributed by atoms with Crippen molar-refractivity contribution in [2.24, 2.45) is 0 Å². The molecule has 1 fully saturated rings. The fourth-order valence-corrected chi connectivity index (χ4v) is 4.29. The molecule has 7 heteroatoms. The number of rotatable bonds is 4. The summed E-state index contributed by atoms with van der Waals surface area (Å²) in [7, 11) is 0. The third kappa shape index (κ3) is 3.76. The highest BCUT2D eigenvalue weighted by atomic mass is 35.5. The predicted octanol–water partition coefficient (Wildman–Crippen LogP) is 5.88. The first-order chi connectivity index (χ1) is 15.1. The van der Waals surface area contributed by atoms with Crippen LogP contribution in [0, 0.1) is 0 Å². The smallest absolute Gasteiger partial charge is 0.174 e. The van der Waals surface area contributed by atoms with Gasteiger partial charge in [0.15, 0.2) is 5.11 Å². The van der Waals surface area contributed by atoms with E-state index in [0.717, 1.165) is 28.5 Å². The van der Waals surface area contributed by atoms with Crippen LogP contribution in [0.3, 0.4) is 0 Å². The third-order valence-electron chi connectivity index (χ3n) is 5.27. The predicted molar refractivity (Wildman–Crippen MR) is 125 cm³/mol. The monoisotopic (exact) mass is 447 g/mol. The molecule has 5 nitrogen and oxygen atoms in total. The molecular formula is C24H18ClN3O2S. The Bertz CT molecular complexity index is 1210. The molecule has 2 N–H and O–H groups in total. The van der Waals surface area contributed by atoms with Crippen LogP contribution >= 0.6 is 23.8 Å². The zero-order chi connectivity index (χ0) is 21.4. The molecule has 0 aliphatic carbocycles. The molecule has 0 radical (unpaired) electrons. The molecule has 3 heterocycles. The number of phenolic OH excluding ortho intramolecular Hbond substituents is 1. The number of hydrogen-bond acceptors (Lipinski definition) is 4. The van der Waals surface area contributed by atoms with E-state index in [4.69, 9.17) is 28.2 Å². The lowest BCUT2D eigenvalue weighted by Gasteiger charge is -2.26. The summed E-state index contributed by atoms with van der Waals surface area (Å²) >= 11 is 11.7. The van der Waals surface area contributed by atoms with Crippen LogP contribution in [0.2, 0.25) is 5.02 Å². The number of halogens is 1. The summed E-state index contributed by atoms with van der Waals surface area (Å²) in [6, 6.07) is 23.7. The number of nitrogens with zero attached hydrogens (tertiary/aromatic N) is 2. The molecule has 2 aromatic carbocycles. The van der Waals surface area contributed by atoms with Crippen LogP contribution in [-0.4, -0.2) is 15.2 Å². The number of aromatic hydroxyl groups is 1. The van der Waals surface area contributed by atoms with E-state index in [1.165, 1.54) is 0 Å². The summed E-state index contributed by atoms with van der Waals surface area (Å²) in [6.45, 7) is 0. The Morgan fingerprint density at radius 3 is 2.45 bits per heavy atom. The van der Waals surface area contributed by atoms with Crippen molar-refractivity contribution in [3.63, 3.8) is 0 Å². The number of anilines is 1. The summed E-state index contributed by atoms with van der Waals surface area (Å²) in [4.78, 5) is 6.54. The van der Waals surface area contributed by atoms with Crippen LogP contribution in [0.5, 0.6) is 5.75 Å². The molecular weight excluding hydrogens is 430 g/mol. The summed E-state index contributed by atoms with van der Waals surface area (Å²) in [5, 5.41) is 14.4. The highest BCUT2D eigenvalue weighted by molar-refractivity contribution is 7.80. The average Bonchev–Trinajstić information content (AvgIpc) is 3.40. The summed E-state index contributed by atoms with van der Waals surface area (Å²) < 4.78 is 6.31. The fourth-order valence-electron chi connectivity index (χ4n) is 3.82. The number of thiocarbonyl (C=S) groups is 1. The Labute approximate surface area is 189 Å². The molecule has 1 aliphatic heterocycles. The summed E-state index contributed by atoms with van der Waals surface area (Å²) in [5.74, 6) is 1.69. The van der Waals surface area contributed by atoms with Crippen molar-refractivity contribution < 1.29 is 9.52 Å². The van der Waals surface area contributed by atoms with Crippen molar-refractivity contribution in [1.29, 1.82) is 0 Å². The largest absolute Gasteiger partial charge is 0.508 e. The van der Waals surface area contributed by atoms with Gasteiger partial charge in [-0.2, -0.15) is 0 Å². The van der Waals surface area contributed by atoms with Crippen molar-refractivity contribution in [3.8, 4) is 17.1 Å². The quantitative estimate of drug-likeness (QED) is 0.381. The lowest BCUT2D eigenvalue weighted by Crippen LogP contribution is -2.29. The number of phenols is 1. The number of furan rings is 1. The van der Waals surface area contributed by atoms with E-state index in [9.17, 15) is 5.11 Å². The second-order valence-electron chi connectivity index (χ2n) is 7.22. The molecule has 5 rings (SSSR count). The molecule has 2 aromatic heterocycles. The zero-order valence-corrected chi connectivity index (χ0v) is 17.8. The van der Waals surface area contributed by atoms with E-state index in [2.05, 4.69) is 10.3 Å². The first kappa shape index (κ1) is 19.6.